The van der Waals surface area contributed by atoms with Gasteiger partial charge in [-0.3, -0.25) is 4.68 Å². The molecular formula is C19H14ClN3O2. The SMILES string of the molecule is N#CCCn1cc(C(=O)Oc2ccccc2)c(-c2cccc(Cl)c2)n1. The van der Waals surface area contributed by atoms with Crippen molar-refractivity contribution in [3.63, 3.8) is 0 Å². The minimum atomic E-state index is -0.510. The van der Waals surface area contributed by atoms with Crippen LogP contribution in [0.5, 0.6) is 5.75 Å². The summed E-state index contributed by atoms with van der Waals surface area (Å²) in [5.74, 6) is -0.0568. The molecule has 5 nitrogen and oxygen atoms in total. The first-order valence-electron chi connectivity index (χ1n) is 7.65. The number of nitrogens with zero attached hydrogens (tertiary/aromatic N) is 3. The number of aryl methyl sites for hydroxylation is 1. The van der Waals surface area contributed by atoms with Crippen LogP contribution in [0.25, 0.3) is 11.3 Å². The highest BCUT2D eigenvalue weighted by Crippen LogP contribution is 2.26. The number of esters is 1. The fourth-order valence-corrected chi connectivity index (χ4v) is 2.54. The topological polar surface area (TPSA) is 67.9 Å². The maximum absolute atomic E-state index is 12.6. The van der Waals surface area contributed by atoms with Gasteiger partial charge in [-0.25, -0.2) is 4.79 Å². The molecule has 1 aromatic heterocycles. The molecule has 0 fully saturated rings. The van der Waals surface area contributed by atoms with Gasteiger partial charge in [-0.1, -0.05) is 41.9 Å². The zero-order valence-electron chi connectivity index (χ0n) is 13.2. The van der Waals surface area contributed by atoms with Crippen LogP contribution in [0.15, 0.2) is 60.8 Å². The number of para-hydroxylation sites is 1. The van der Waals surface area contributed by atoms with Gasteiger partial charge in [0.2, 0.25) is 0 Å². The molecule has 2 aromatic carbocycles. The summed E-state index contributed by atoms with van der Waals surface area (Å²) < 4.78 is 6.99. The van der Waals surface area contributed by atoms with E-state index in [0.717, 1.165) is 0 Å². The number of ether oxygens (including phenoxy) is 1. The Labute approximate surface area is 150 Å². The van der Waals surface area contributed by atoms with Crippen molar-refractivity contribution >= 4 is 17.6 Å². The van der Waals surface area contributed by atoms with Gasteiger partial charge < -0.3 is 4.74 Å². The van der Waals surface area contributed by atoms with Crippen LogP contribution in [0.4, 0.5) is 0 Å². The number of hydrogen-bond donors (Lipinski definition) is 0. The van der Waals surface area contributed by atoms with Gasteiger partial charge >= 0.3 is 5.97 Å². The molecule has 0 aliphatic carbocycles. The van der Waals surface area contributed by atoms with Crippen molar-refractivity contribution < 1.29 is 9.53 Å². The van der Waals surface area contributed by atoms with Crippen molar-refractivity contribution in [3.05, 3.63) is 71.4 Å². The molecule has 3 aromatic rings. The molecule has 0 saturated carbocycles. The Hall–Kier alpha value is -3.10. The van der Waals surface area contributed by atoms with E-state index in [1.165, 1.54) is 0 Å². The highest BCUT2D eigenvalue weighted by molar-refractivity contribution is 6.30. The molecule has 6 heteroatoms. The van der Waals surface area contributed by atoms with Gasteiger partial charge in [0, 0.05) is 16.8 Å². The van der Waals surface area contributed by atoms with Crippen molar-refractivity contribution in [1.82, 2.24) is 9.78 Å². The standard InChI is InChI=1S/C19H14ClN3O2/c20-15-7-4-6-14(12-15)18-17(13-23(22-18)11-5-10-21)19(24)25-16-8-2-1-3-9-16/h1-4,6-9,12-13H,5,11H2. The van der Waals surface area contributed by atoms with Crippen LogP contribution < -0.4 is 4.74 Å². The summed E-state index contributed by atoms with van der Waals surface area (Å²) in [5, 5.41) is 13.7. The van der Waals surface area contributed by atoms with Crippen molar-refractivity contribution in [3.8, 4) is 23.1 Å². The maximum Gasteiger partial charge on any atom is 0.347 e. The molecule has 0 aliphatic rings. The Morgan fingerprint density at radius 2 is 2.00 bits per heavy atom. The first kappa shape index (κ1) is 16.7. The molecular weight excluding hydrogens is 338 g/mol. The summed E-state index contributed by atoms with van der Waals surface area (Å²) in [6.07, 6.45) is 1.89. The van der Waals surface area contributed by atoms with Crippen molar-refractivity contribution in [2.24, 2.45) is 0 Å². The monoisotopic (exact) mass is 351 g/mol. The third-order valence-corrected chi connectivity index (χ3v) is 3.72. The lowest BCUT2D eigenvalue weighted by Crippen LogP contribution is -2.09. The van der Waals surface area contributed by atoms with E-state index >= 15 is 0 Å². The van der Waals surface area contributed by atoms with Crippen LogP contribution in [0.2, 0.25) is 5.02 Å². The minimum Gasteiger partial charge on any atom is -0.423 e. The summed E-state index contributed by atoms with van der Waals surface area (Å²) >= 11 is 6.05. The van der Waals surface area contributed by atoms with Crippen LogP contribution in [0.1, 0.15) is 16.8 Å². The third kappa shape index (κ3) is 4.06. The third-order valence-electron chi connectivity index (χ3n) is 3.49. The number of hydrogen-bond acceptors (Lipinski definition) is 4. The Bertz CT molecular complexity index is 929. The van der Waals surface area contributed by atoms with E-state index in [1.54, 1.807) is 53.3 Å². The molecule has 0 bridgehead atoms. The van der Waals surface area contributed by atoms with Crippen LogP contribution in [-0.4, -0.2) is 15.7 Å². The summed E-state index contributed by atoms with van der Waals surface area (Å²) in [6, 6.07) is 18.0. The van der Waals surface area contributed by atoms with Gasteiger partial charge in [0.05, 0.1) is 19.0 Å². The number of benzene rings is 2. The smallest absolute Gasteiger partial charge is 0.347 e. The molecule has 1 heterocycles. The van der Waals surface area contributed by atoms with E-state index in [-0.39, 0.29) is 0 Å². The minimum absolute atomic E-state index is 0.295. The highest BCUT2D eigenvalue weighted by atomic mass is 35.5. The summed E-state index contributed by atoms with van der Waals surface area (Å²) in [6.45, 7) is 0.392. The maximum atomic E-state index is 12.6. The molecule has 0 spiro atoms. The Morgan fingerprint density at radius 1 is 1.20 bits per heavy atom. The summed E-state index contributed by atoms with van der Waals surface area (Å²) in [5.41, 5.74) is 1.51. The number of carbonyl (C=O) groups excluding carboxylic acids is 1. The summed E-state index contributed by atoms with van der Waals surface area (Å²) in [7, 11) is 0. The average molecular weight is 352 g/mol. The van der Waals surface area contributed by atoms with Crippen LogP contribution in [0.3, 0.4) is 0 Å². The Morgan fingerprint density at radius 3 is 2.72 bits per heavy atom. The van der Waals surface area contributed by atoms with Gasteiger partial charge in [-0.15, -0.1) is 0 Å². The number of rotatable bonds is 5. The molecule has 0 N–H and O–H groups in total. The normalized spacial score (nSPS) is 10.2. The van der Waals surface area contributed by atoms with Crippen molar-refractivity contribution in [2.75, 3.05) is 0 Å². The Balaban J connectivity index is 1.97. The quantitative estimate of drug-likeness (QED) is 0.506. The molecule has 0 radical (unpaired) electrons. The lowest BCUT2D eigenvalue weighted by atomic mass is 10.1. The first-order valence-corrected chi connectivity index (χ1v) is 8.03. The molecule has 0 unspecified atom stereocenters. The predicted octanol–water partition coefficient (Wildman–Crippen LogP) is 4.34. The second-order valence-corrected chi connectivity index (χ2v) is 5.71. The number of carbonyl (C=O) groups is 1. The number of nitriles is 1. The average Bonchev–Trinajstić information content (AvgIpc) is 3.05. The lowest BCUT2D eigenvalue weighted by Gasteiger charge is -2.04. The van der Waals surface area contributed by atoms with E-state index in [9.17, 15) is 4.79 Å². The van der Waals surface area contributed by atoms with Crippen LogP contribution in [0, 0.1) is 11.3 Å². The first-order chi connectivity index (χ1) is 12.2. The number of halogens is 1. The van der Waals surface area contributed by atoms with Crippen molar-refractivity contribution in [2.45, 2.75) is 13.0 Å². The van der Waals surface area contributed by atoms with Gasteiger partial charge in [0.1, 0.15) is 17.0 Å². The van der Waals surface area contributed by atoms with E-state index in [2.05, 4.69) is 11.2 Å². The molecule has 0 atom stereocenters. The zero-order valence-corrected chi connectivity index (χ0v) is 14.0. The van der Waals surface area contributed by atoms with Gasteiger partial charge in [-0.2, -0.15) is 10.4 Å². The van der Waals surface area contributed by atoms with Crippen LogP contribution >= 0.6 is 11.6 Å². The Kier molecular flexibility index (Phi) is 5.12. The van der Waals surface area contributed by atoms with E-state index in [4.69, 9.17) is 21.6 Å². The highest BCUT2D eigenvalue weighted by Gasteiger charge is 2.20. The molecule has 25 heavy (non-hydrogen) atoms. The largest absolute Gasteiger partial charge is 0.423 e. The zero-order chi connectivity index (χ0) is 17.6. The van der Waals surface area contributed by atoms with E-state index < -0.39 is 5.97 Å². The fourth-order valence-electron chi connectivity index (χ4n) is 2.35. The predicted molar refractivity (Wildman–Crippen MR) is 94.3 cm³/mol. The molecule has 0 aliphatic heterocycles. The van der Waals surface area contributed by atoms with E-state index in [0.29, 0.717) is 40.6 Å². The van der Waals surface area contributed by atoms with Gasteiger partial charge in [-0.05, 0) is 24.3 Å². The molecule has 124 valence electrons. The molecule has 3 rings (SSSR count). The van der Waals surface area contributed by atoms with Crippen molar-refractivity contribution in [1.29, 1.82) is 5.26 Å². The van der Waals surface area contributed by atoms with E-state index in [1.807, 2.05) is 12.1 Å². The van der Waals surface area contributed by atoms with Gasteiger partial charge in [0.15, 0.2) is 0 Å². The second kappa shape index (κ2) is 7.65. The number of aromatic nitrogens is 2. The summed E-state index contributed by atoms with van der Waals surface area (Å²) in [4.78, 5) is 12.6. The molecule has 0 saturated heterocycles. The lowest BCUT2D eigenvalue weighted by molar-refractivity contribution is 0.0735. The van der Waals surface area contributed by atoms with Gasteiger partial charge in [0.25, 0.3) is 0 Å². The van der Waals surface area contributed by atoms with Crippen LogP contribution in [-0.2, 0) is 6.54 Å². The fraction of sp³-hybridized carbons (Fsp3) is 0.105. The second-order valence-electron chi connectivity index (χ2n) is 5.28. The molecule has 0 amide bonds.